The van der Waals surface area contributed by atoms with E-state index < -0.39 is 0 Å². The van der Waals surface area contributed by atoms with E-state index in [2.05, 4.69) is 63.8 Å². The van der Waals surface area contributed by atoms with Gasteiger partial charge in [-0.3, -0.25) is 4.90 Å². The standard InChI is InChI=1S/C23H29N3O/c1-14-7-8-18-20(11-14)27-19(9-10-24)22(25)26(18)21-15(2)12-17(13-16(21)3)23(4,5)6/h7-13H,24-25H2,1-6H3/b10-9-. The van der Waals surface area contributed by atoms with Crippen LogP contribution >= 0.6 is 0 Å². The quantitative estimate of drug-likeness (QED) is 0.784. The molecule has 3 rings (SSSR count). The van der Waals surface area contributed by atoms with Crippen molar-refractivity contribution in [2.24, 2.45) is 11.5 Å². The van der Waals surface area contributed by atoms with Crippen molar-refractivity contribution in [2.45, 2.75) is 47.0 Å². The third-order valence-corrected chi connectivity index (χ3v) is 4.90. The van der Waals surface area contributed by atoms with Gasteiger partial charge in [-0.05, 0) is 66.8 Å². The normalized spacial score (nSPS) is 14.5. The Hall–Kier alpha value is -2.88. The molecule has 4 nitrogen and oxygen atoms in total. The zero-order valence-electron chi connectivity index (χ0n) is 17.1. The minimum atomic E-state index is 0.0862. The van der Waals surface area contributed by atoms with E-state index in [0.717, 1.165) is 22.7 Å². The molecular formula is C23H29N3O. The van der Waals surface area contributed by atoms with Crippen molar-refractivity contribution in [2.75, 3.05) is 4.90 Å². The number of ether oxygens (including phenoxy) is 1. The molecule has 0 amide bonds. The highest BCUT2D eigenvalue weighted by molar-refractivity contribution is 5.80. The summed E-state index contributed by atoms with van der Waals surface area (Å²) in [5, 5.41) is 0. The summed E-state index contributed by atoms with van der Waals surface area (Å²) in [6, 6.07) is 10.6. The molecule has 1 aliphatic rings. The topological polar surface area (TPSA) is 64.5 Å². The van der Waals surface area contributed by atoms with Gasteiger partial charge < -0.3 is 16.2 Å². The molecule has 1 heterocycles. The van der Waals surface area contributed by atoms with Gasteiger partial charge in [-0.1, -0.05) is 39.0 Å². The van der Waals surface area contributed by atoms with E-state index in [1.165, 1.54) is 22.9 Å². The van der Waals surface area contributed by atoms with Crippen molar-refractivity contribution in [1.29, 1.82) is 0 Å². The predicted octanol–water partition coefficient (Wildman–Crippen LogP) is 5.04. The minimum absolute atomic E-state index is 0.0862. The Labute approximate surface area is 162 Å². The second kappa shape index (κ2) is 6.69. The average molecular weight is 364 g/mol. The third kappa shape index (κ3) is 3.39. The lowest BCUT2D eigenvalue weighted by Crippen LogP contribution is -2.30. The number of nitrogens with two attached hydrogens (primary N) is 2. The second-order valence-corrected chi connectivity index (χ2v) is 8.23. The Morgan fingerprint density at radius 3 is 2.19 bits per heavy atom. The van der Waals surface area contributed by atoms with Gasteiger partial charge in [0.05, 0.1) is 11.4 Å². The monoisotopic (exact) mass is 363 g/mol. The van der Waals surface area contributed by atoms with Crippen molar-refractivity contribution >= 4 is 11.4 Å². The Balaban J connectivity index is 2.26. The summed E-state index contributed by atoms with van der Waals surface area (Å²) in [4.78, 5) is 2.07. The van der Waals surface area contributed by atoms with Gasteiger partial charge in [-0.25, -0.2) is 0 Å². The summed E-state index contributed by atoms with van der Waals surface area (Å²) in [6.07, 6.45) is 3.14. The number of aryl methyl sites for hydroxylation is 3. The Morgan fingerprint density at radius 2 is 1.63 bits per heavy atom. The summed E-state index contributed by atoms with van der Waals surface area (Å²) < 4.78 is 6.02. The molecule has 0 bridgehead atoms. The van der Waals surface area contributed by atoms with Crippen LogP contribution in [0, 0.1) is 20.8 Å². The fraction of sp³-hybridized carbons (Fsp3) is 0.304. The molecule has 27 heavy (non-hydrogen) atoms. The maximum Gasteiger partial charge on any atom is 0.169 e. The van der Waals surface area contributed by atoms with Gasteiger partial charge in [-0.15, -0.1) is 0 Å². The van der Waals surface area contributed by atoms with Crippen LogP contribution < -0.4 is 21.1 Å². The molecule has 2 aromatic carbocycles. The maximum atomic E-state index is 6.53. The fourth-order valence-electron chi connectivity index (χ4n) is 3.49. The smallest absolute Gasteiger partial charge is 0.169 e. The van der Waals surface area contributed by atoms with E-state index in [0.29, 0.717) is 11.6 Å². The number of benzene rings is 2. The molecule has 2 aromatic rings. The molecule has 0 radical (unpaired) electrons. The zero-order chi connectivity index (χ0) is 19.9. The van der Waals surface area contributed by atoms with Crippen LogP contribution in [0.5, 0.6) is 5.75 Å². The third-order valence-electron chi connectivity index (χ3n) is 4.90. The number of hydrogen-bond acceptors (Lipinski definition) is 4. The fourth-order valence-corrected chi connectivity index (χ4v) is 3.49. The number of fused-ring (bicyclic) bond motifs is 1. The first-order valence-corrected chi connectivity index (χ1v) is 9.22. The summed E-state index contributed by atoms with van der Waals surface area (Å²) in [5.41, 5.74) is 19.0. The van der Waals surface area contributed by atoms with Crippen molar-refractivity contribution in [3.8, 4) is 5.75 Å². The maximum absolute atomic E-state index is 6.53. The van der Waals surface area contributed by atoms with E-state index in [1.807, 2.05) is 13.0 Å². The van der Waals surface area contributed by atoms with E-state index in [1.54, 1.807) is 6.08 Å². The summed E-state index contributed by atoms with van der Waals surface area (Å²) in [5.74, 6) is 1.85. The van der Waals surface area contributed by atoms with Gasteiger partial charge in [-0.2, -0.15) is 0 Å². The van der Waals surface area contributed by atoms with E-state index in [-0.39, 0.29) is 5.41 Å². The lowest BCUT2D eigenvalue weighted by atomic mass is 9.84. The highest BCUT2D eigenvalue weighted by Crippen LogP contribution is 2.44. The van der Waals surface area contributed by atoms with Gasteiger partial charge in [0.2, 0.25) is 0 Å². The van der Waals surface area contributed by atoms with Gasteiger partial charge >= 0.3 is 0 Å². The molecule has 4 heteroatoms. The SMILES string of the molecule is Cc1ccc2c(c1)OC(/C=C\N)=C(N)N2c1c(C)cc(C(C)(C)C)cc1C. The van der Waals surface area contributed by atoms with Gasteiger partial charge in [0, 0.05) is 6.08 Å². The van der Waals surface area contributed by atoms with Gasteiger partial charge in [0.1, 0.15) is 0 Å². The molecule has 0 saturated heterocycles. The molecule has 142 valence electrons. The van der Waals surface area contributed by atoms with Crippen LogP contribution in [0.15, 0.2) is 54.2 Å². The Kier molecular flexibility index (Phi) is 4.68. The molecule has 0 aliphatic carbocycles. The largest absolute Gasteiger partial charge is 0.451 e. The molecule has 0 atom stereocenters. The first-order valence-electron chi connectivity index (χ1n) is 9.22. The van der Waals surface area contributed by atoms with E-state index >= 15 is 0 Å². The molecule has 0 saturated carbocycles. The van der Waals surface area contributed by atoms with Crippen LogP contribution in [0.3, 0.4) is 0 Å². The zero-order valence-corrected chi connectivity index (χ0v) is 17.1. The molecule has 0 aromatic heterocycles. The minimum Gasteiger partial charge on any atom is -0.451 e. The molecule has 4 N–H and O–H groups in total. The van der Waals surface area contributed by atoms with Crippen molar-refractivity contribution in [1.82, 2.24) is 0 Å². The van der Waals surface area contributed by atoms with Crippen LogP contribution in [-0.4, -0.2) is 0 Å². The summed E-state index contributed by atoms with van der Waals surface area (Å²) in [7, 11) is 0. The van der Waals surface area contributed by atoms with Crippen LogP contribution in [0.2, 0.25) is 0 Å². The lowest BCUT2D eigenvalue weighted by molar-refractivity contribution is 0.426. The lowest BCUT2D eigenvalue weighted by Gasteiger charge is -2.35. The predicted molar refractivity (Wildman–Crippen MR) is 113 cm³/mol. The number of rotatable bonds is 2. The summed E-state index contributed by atoms with van der Waals surface area (Å²) >= 11 is 0. The van der Waals surface area contributed by atoms with E-state index in [4.69, 9.17) is 16.2 Å². The number of anilines is 2. The van der Waals surface area contributed by atoms with Crippen LogP contribution in [0.4, 0.5) is 11.4 Å². The van der Waals surface area contributed by atoms with Crippen LogP contribution in [0.1, 0.15) is 43.0 Å². The molecule has 0 spiro atoms. The van der Waals surface area contributed by atoms with Crippen molar-refractivity contribution < 1.29 is 4.74 Å². The van der Waals surface area contributed by atoms with E-state index in [9.17, 15) is 0 Å². The average Bonchev–Trinajstić information content (AvgIpc) is 2.56. The molecule has 0 unspecified atom stereocenters. The van der Waals surface area contributed by atoms with Gasteiger partial charge in [0.15, 0.2) is 17.3 Å². The number of hydrogen-bond donors (Lipinski definition) is 2. The van der Waals surface area contributed by atoms with Crippen molar-refractivity contribution in [3.05, 3.63) is 76.4 Å². The number of nitrogens with zero attached hydrogens (tertiary/aromatic N) is 1. The molecular weight excluding hydrogens is 334 g/mol. The first-order chi connectivity index (χ1) is 12.6. The van der Waals surface area contributed by atoms with Crippen LogP contribution in [0.25, 0.3) is 0 Å². The van der Waals surface area contributed by atoms with Gasteiger partial charge in [0.25, 0.3) is 0 Å². The van der Waals surface area contributed by atoms with Crippen LogP contribution in [-0.2, 0) is 5.41 Å². The first kappa shape index (κ1) is 18.9. The molecule has 0 fully saturated rings. The van der Waals surface area contributed by atoms with Crippen molar-refractivity contribution in [3.63, 3.8) is 0 Å². The summed E-state index contributed by atoms with van der Waals surface area (Å²) in [6.45, 7) is 13.0. The molecule has 1 aliphatic heterocycles. The second-order valence-electron chi connectivity index (χ2n) is 8.23. The highest BCUT2D eigenvalue weighted by Gasteiger charge is 2.28. The highest BCUT2D eigenvalue weighted by atomic mass is 16.5. The number of allylic oxidation sites excluding steroid dienone is 1. The Bertz CT molecular complexity index is 926. The Morgan fingerprint density at radius 1 is 1.00 bits per heavy atom.